The highest BCUT2D eigenvalue weighted by Crippen LogP contribution is 2.33. The predicted octanol–water partition coefficient (Wildman–Crippen LogP) is 2.77. The van der Waals surface area contributed by atoms with Crippen LogP contribution in [0, 0.1) is 5.92 Å². The summed E-state index contributed by atoms with van der Waals surface area (Å²) in [6.07, 6.45) is 5.26. The molecule has 1 aliphatic carbocycles. The lowest BCUT2D eigenvalue weighted by Gasteiger charge is -2.18. The molecule has 0 aromatic heterocycles. The summed E-state index contributed by atoms with van der Waals surface area (Å²) in [6.45, 7) is 0. The number of hydrogen-bond donors (Lipinski definition) is 2. The monoisotopic (exact) mass is 289 g/mol. The van der Waals surface area contributed by atoms with Crippen molar-refractivity contribution in [1.82, 2.24) is 5.32 Å². The first-order valence-electron chi connectivity index (χ1n) is 7.68. The highest BCUT2D eigenvalue weighted by atomic mass is 16.4. The Balaban J connectivity index is 1.84. The molecule has 1 aromatic carbocycles. The number of carboxylic acids is 1. The van der Waals surface area contributed by atoms with Crippen molar-refractivity contribution in [3.05, 3.63) is 35.9 Å². The molecule has 2 N–H and O–H groups in total. The highest BCUT2D eigenvalue weighted by molar-refractivity contribution is 5.76. The van der Waals surface area contributed by atoms with Gasteiger partial charge < -0.3 is 10.4 Å². The van der Waals surface area contributed by atoms with Crippen LogP contribution in [-0.4, -0.2) is 23.0 Å². The number of carbonyl (C=O) groups excluding carboxylic acids is 1. The van der Waals surface area contributed by atoms with Crippen molar-refractivity contribution in [1.29, 1.82) is 0 Å². The van der Waals surface area contributed by atoms with Gasteiger partial charge in [-0.2, -0.15) is 0 Å². The molecule has 0 heterocycles. The molecule has 0 bridgehead atoms. The van der Waals surface area contributed by atoms with E-state index in [0.717, 1.165) is 17.9 Å². The molecule has 1 fully saturated rings. The van der Waals surface area contributed by atoms with E-state index in [9.17, 15) is 9.59 Å². The largest absolute Gasteiger partial charge is 0.481 e. The van der Waals surface area contributed by atoms with E-state index in [2.05, 4.69) is 5.32 Å². The number of aliphatic carboxylic acids is 1. The molecule has 1 aromatic rings. The van der Waals surface area contributed by atoms with Gasteiger partial charge in [0.05, 0.1) is 0 Å². The molecule has 21 heavy (non-hydrogen) atoms. The van der Waals surface area contributed by atoms with E-state index in [1.807, 2.05) is 30.3 Å². The zero-order valence-electron chi connectivity index (χ0n) is 12.3. The maximum atomic E-state index is 12.0. The number of rotatable bonds is 9. The number of nitrogens with one attached hydrogen (secondary N) is 1. The van der Waals surface area contributed by atoms with E-state index in [-0.39, 0.29) is 18.4 Å². The van der Waals surface area contributed by atoms with Gasteiger partial charge in [-0.1, -0.05) is 43.2 Å². The van der Waals surface area contributed by atoms with Gasteiger partial charge in [-0.25, -0.2) is 0 Å². The first-order valence-corrected chi connectivity index (χ1v) is 7.68. The predicted molar refractivity (Wildman–Crippen MR) is 80.9 cm³/mol. The molecule has 4 nitrogen and oxygen atoms in total. The van der Waals surface area contributed by atoms with E-state index < -0.39 is 5.97 Å². The molecule has 1 saturated carbocycles. The van der Waals surface area contributed by atoms with Gasteiger partial charge in [0.15, 0.2) is 0 Å². The minimum Gasteiger partial charge on any atom is -0.481 e. The number of carboxylic acid groups (broad SMARTS) is 1. The second kappa shape index (κ2) is 7.81. The van der Waals surface area contributed by atoms with E-state index in [1.54, 1.807) is 0 Å². The van der Waals surface area contributed by atoms with Crippen molar-refractivity contribution in [2.75, 3.05) is 0 Å². The Hall–Kier alpha value is -1.84. The SMILES string of the molecule is O=C(O)CCC(Cc1ccccc1)NC(=O)CCC1CC1. The third-order valence-corrected chi connectivity index (χ3v) is 3.87. The number of hydrogen-bond acceptors (Lipinski definition) is 2. The van der Waals surface area contributed by atoms with Crippen molar-refractivity contribution in [3.63, 3.8) is 0 Å². The van der Waals surface area contributed by atoms with Gasteiger partial charge in [0.1, 0.15) is 0 Å². The molecular weight excluding hydrogens is 266 g/mol. The second-order valence-electron chi connectivity index (χ2n) is 5.87. The van der Waals surface area contributed by atoms with Crippen LogP contribution in [0.3, 0.4) is 0 Å². The Kier molecular flexibility index (Phi) is 5.78. The van der Waals surface area contributed by atoms with Crippen LogP contribution in [0.5, 0.6) is 0 Å². The summed E-state index contributed by atoms with van der Waals surface area (Å²) in [5.74, 6) is -0.0316. The summed E-state index contributed by atoms with van der Waals surface area (Å²) in [4.78, 5) is 22.7. The fourth-order valence-electron chi connectivity index (χ4n) is 2.46. The van der Waals surface area contributed by atoms with Crippen LogP contribution in [-0.2, 0) is 16.0 Å². The summed E-state index contributed by atoms with van der Waals surface area (Å²) in [5, 5.41) is 11.8. The lowest BCUT2D eigenvalue weighted by Crippen LogP contribution is -2.36. The Morgan fingerprint density at radius 3 is 2.52 bits per heavy atom. The highest BCUT2D eigenvalue weighted by Gasteiger charge is 2.22. The molecule has 1 amide bonds. The summed E-state index contributed by atoms with van der Waals surface area (Å²) >= 11 is 0. The number of amides is 1. The molecule has 0 saturated heterocycles. The Labute approximate surface area is 125 Å². The minimum atomic E-state index is -0.819. The normalized spacial score (nSPS) is 15.4. The Morgan fingerprint density at radius 1 is 1.19 bits per heavy atom. The molecule has 114 valence electrons. The van der Waals surface area contributed by atoms with Crippen molar-refractivity contribution in [2.24, 2.45) is 5.92 Å². The topological polar surface area (TPSA) is 66.4 Å². The maximum absolute atomic E-state index is 12.0. The Morgan fingerprint density at radius 2 is 1.90 bits per heavy atom. The lowest BCUT2D eigenvalue weighted by atomic mass is 10.0. The number of carbonyl (C=O) groups is 2. The number of benzene rings is 1. The fourth-order valence-corrected chi connectivity index (χ4v) is 2.46. The molecule has 0 radical (unpaired) electrons. The fraction of sp³-hybridized carbons (Fsp3) is 0.529. The average Bonchev–Trinajstić information content (AvgIpc) is 3.28. The van der Waals surface area contributed by atoms with Crippen LogP contribution < -0.4 is 5.32 Å². The van der Waals surface area contributed by atoms with Gasteiger partial charge in [-0.3, -0.25) is 9.59 Å². The van der Waals surface area contributed by atoms with E-state index >= 15 is 0 Å². The zero-order chi connectivity index (χ0) is 15.1. The molecule has 4 heteroatoms. The second-order valence-corrected chi connectivity index (χ2v) is 5.87. The Bertz CT molecular complexity index is 468. The van der Waals surface area contributed by atoms with Gasteiger partial charge in [-0.05, 0) is 30.7 Å². The van der Waals surface area contributed by atoms with Crippen LogP contribution in [0.25, 0.3) is 0 Å². The van der Waals surface area contributed by atoms with Crippen LogP contribution in [0.1, 0.15) is 44.1 Å². The van der Waals surface area contributed by atoms with Gasteiger partial charge in [0.25, 0.3) is 0 Å². The minimum absolute atomic E-state index is 0.0493. The smallest absolute Gasteiger partial charge is 0.303 e. The van der Waals surface area contributed by atoms with Crippen LogP contribution in [0.4, 0.5) is 0 Å². The summed E-state index contributed by atoms with van der Waals surface area (Å²) in [6, 6.07) is 9.77. The maximum Gasteiger partial charge on any atom is 0.303 e. The standard InChI is InChI=1S/C17H23NO3/c19-16(10-8-13-6-7-13)18-15(9-11-17(20)21)12-14-4-2-1-3-5-14/h1-5,13,15H,6-12H2,(H,18,19)(H,20,21). The van der Waals surface area contributed by atoms with Gasteiger partial charge in [-0.15, -0.1) is 0 Å². The van der Waals surface area contributed by atoms with Crippen LogP contribution in [0.15, 0.2) is 30.3 Å². The molecule has 1 unspecified atom stereocenters. The van der Waals surface area contributed by atoms with E-state index in [0.29, 0.717) is 19.3 Å². The average molecular weight is 289 g/mol. The zero-order valence-corrected chi connectivity index (χ0v) is 12.3. The van der Waals surface area contributed by atoms with E-state index in [4.69, 9.17) is 5.11 Å². The van der Waals surface area contributed by atoms with Gasteiger partial charge in [0, 0.05) is 18.9 Å². The molecule has 1 aliphatic rings. The van der Waals surface area contributed by atoms with Crippen molar-refractivity contribution < 1.29 is 14.7 Å². The van der Waals surface area contributed by atoms with Gasteiger partial charge in [0.2, 0.25) is 5.91 Å². The summed E-state index contributed by atoms with van der Waals surface area (Å²) in [5.41, 5.74) is 1.12. The molecule has 2 rings (SSSR count). The van der Waals surface area contributed by atoms with Crippen molar-refractivity contribution in [3.8, 4) is 0 Å². The first kappa shape index (κ1) is 15.5. The van der Waals surface area contributed by atoms with Crippen molar-refractivity contribution >= 4 is 11.9 Å². The molecule has 0 aliphatic heterocycles. The summed E-state index contributed by atoms with van der Waals surface area (Å²) in [7, 11) is 0. The van der Waals surface area contributed by atoms with Crippen LogP contribution >= 0.6 is 0 Å². The first-order chi connectivity index (χ1) is 10.1. The van der Waals surface area contributed by atoms with E-state index in [1.165, 1.54) is 12.8 Å². The third-order valence-electron chi connectivity index (χ3n) is 3.87. The molecule has 1 atom stereocenters. The lowest BCUT2D eigenvalue weighted by molar-refractivity contribution is -0.137. The van der Waals surface area contributed by atoms with Crippen LogP contribution in [0.2, 0.25) is 0 Å². The quantitative estimate of drug-likeness (QED) is 0.734. The third kappa shape index (κ3) is 6.43. The van der Waals surface area contributed by atoms with Crippen molar-refractivity contribution in [2.45, 2.75) is 51.0 Å². The summed E-state index contributed by atoms with van der Waals surface area (Å²) < 4.78 is 0. The molecule has 0 spiro atoms. The van der Waals surface area contributed by atoms with Gasteiger partial charge >= 0.3 is 5.97 Å². The molecular formula is C17H23NO3.